The number of hydrogen-bond acceptors (Lipinski definition) is 2. The zero-order valence-electron chi connectivity index (χ0n) is 15.1. The van der Waals surface area contributed by atoms with Gasteiger partial charge in [-0.25, -0.2) is 0 Å². The zero-order valence-corrected chi connectivity index (χ0v) is 15.9. The topological polar surface area (TPSA) is 12.5 Å². The van der Waals surface area contributed by atoms with Gasteiger partial charge in [-0.3, -0.25) is 0 Å². The average Bonchev–Trinajstić information content (AvgIpc) is 2.59. The van der Waals surface area contributed by atoms with E-state index in [4.69, 9.17) is 4.74 Å². The summed E-state index contributed by atoms with van der Waals surface area (Å²) < 4.78 is 6.13. The summed E-state index contributed by atoms with van der Waals surface area (Å²) >= 11 is 0. The molecule has 0 bridgehead atoms. The Bertz CT molecular complexity index is 517. The predicted molar refractivity (Wildman–Crippen MR) is 105 cm³/mol. The highest BCUT2D eigenvalue weighted by atomic mass is 35.5. The SMILES string of the molecule is CCCC(COCCN(C)C)(c1ccccc1)c1ccccc1.Cl. The molecule has 0 aliphatic carbocycles. The molecule has 0 N–H and O–H groups in total. The van der Waals surface area contributed by atoms with Crippen molar-refractivity contribution in [2.75, 3.05) is 33.9 Å². The van der Waals surface area contributed by atoms with Crippen LogP contribution >= 0.6 is 12.4 Å². The van der Waals surface area contributed by atoms with Crippen molar-refractivity contribution in [2.45, 2.75) is 25.2 Å². The van der Waals surface area contributed by atoms with Crippen LogP contribution in [-0.4, -0.2) is 38.8 Å². The summed E-state index contributed by atoms with van der Waals surface area (Å²) in [4.78, 5) is 2.16. The first kappa shape index (κ1) is 20.7. The van der Waals surface area contributed by atoms with Gasteiger partial charge in [0.25, 0.3) is 0 Å². The van der Waals surface area contributed by atoms with E-state index < -0.39 is 0 Å². The first-order valence-corrected chi connectivity index (χ1v) is 8.52. The minimum Gasteiger partial charge on any atom is -0.379 e. The summed E-state index contributed by atoms with van der Waals surface area (Å²) in [6.45, 7) is 4.69. The lowest BCUT2D eigenvalue weighted by molar-refractivity contribution is 0.0808. The lowest BCUT2D eigenvalue weighted by Gasteiger charge is -2.35. The van der Waals surface area contributed by atoms with Crippen molar-refractivity contribution < 1.29 is 4.74 Å². The summed E-state index contributed by atoms with van der Waals surface area (Å²) in [6, 6.07) is 21.6. The molecule has 0 unspecified atom stereocenters. The third kappa shape index (κ3) is 5.34. The Morgan fingerprint density at radius 3 is 1.79 bits per heavy atom. The molecular formula is C21H30ClNO. The molecule has 24 heavy (non-hydrogen) atoms. The van der Waals surface area contributed by atoms with Gasteiger partial charge in [-0.15, -0.1) is 12.4 Å². The number of rotatable bonds is 9. The van der Waals surface area contributed by atoms with Crippen LogP contribution in [0.5, 0.6) is 0 Å². The molecule has 132 valence electrons. The van der Waals surface area contributed by atoms with Gasteiger partial charge >= 0.3 is 0 Å². The summed E-state index contributed by atoms with van der Waals surface area (Å²) in [7, 11) is 4.16. The molecule has 0 heterocycles. The lowest BCUT2D eigenvalue weighted by Crippen LogP contribution is -2.34. The molecule has 0 aromatic heterocycles. The lowest BCUT2D eigenvalue weighted by atomic mass is 9.72. The number of nitrogens with zero attached hydrogens (tertiary/aromatic N) is 1. The molecule has 0 amide bonds. The molecule has 0 fully saturated rings. The van der Waals surface area contributed by atoms with E-state index in [-0.39, 0.29) is 17.8 Å². The van der Waals surface area contributed by atoms with E-state index in [1.54, 1.807) is 0 Å². The molecule has 2 nitrogen and oxygen atoms in total. The first-order chi connectivity index (χ1) is 11.2. The van der Waals surface area contributed by atoms with Crippen LogP contribution in [-0.2, 0) is 10.2 Å². The van der Waals surface area contributed by atoms with Gasteiger partial charge in [0.05, 0.1) is 13.2 Å². The van der Waals surface area contributed by atoms with Gasteiger partial charge in [0.2, 0.25) is 0 Å². The van der Waals surface area contributed by atoms with Crippen LogP contribution < -0.4 is 0 Å². The summed E-state index contributed by atoms with van der Waals surface area (Å²) in [5.74, 6) is 0. The van der Waals surface area contributed by atoms with Gasteiger partial charge in [0.15, 0.2) is 0 Å². The van der Waals surface area contributed by atoms with E-state index >= 15 is 0 Å². The van der Waals surface area contributed by atoms with Crippen molar-refractivity contribution in [3.63, 3.8) is 0 Å². The third-order valence-corrected chi connectivity index (χ3v) is 4.36. The molecule has 0 saturated carbocycles. The van der Waals surface area contributed by atoms with Gasteiger partial charge < -0.3 is 9.64 Å². The number of benzene rings is 2. The van der Waals surface area contributed by atoms with Crippen LogP contribution in [0.3, 0.4) is 0 Å². The molecule has 0 spiro atoms. The molecule has 2 aromatic carbocycles. The highest BCUT2D eigenvalue weighted by Gasteiger charge is 2.33. The van der Waals surface area contributed by atoms with Crippen LogP contribution in [0.1, 0.15) is 30.9 Å². The van der Waals surface area contributed by atoms with Crippen LogP contribution in [0.15, 0.2) is 60.7 Å². The van der Waals surface area contributed by atoms with Gasteiger partial charge in [-0.2, -0.15) is 0 Å². The van der Waals surface area contributed by atoms with Gasteiger partial charge in [0, 0.05) is 12.0 Å². The quantitative estimate of drug-likeness (QED) is 0.606. The second-order valence-electron chi connectivity index (χ2n) is 6.42. The predicted octanol–water partition coefficient (Wildman–Crippen LogP) is 4.77. The fourth-order valence-corrected chi connectivity index (χ4v) is 3.13. The fraction of sp³-hybridized carbons (Fsp3) is 0.429. The molecule has 2 aromatic rings. The number of likely N-dealkylation sites (N-methyl/N-ethyl adjacent to an activating group) is 1. The van der Waals surface area contributed by atoms with E-state index in [1.807, 2.05) is 0 Å². The highest BCUT2D eigenvalue weighted by molar-refractivity contribution is 5.85. The maximum Gasteiger partial charge on any atom is 0.0604 e. The zero-order chi connectivity index (χ0) is 16.5. The Labute approximate surface area is 153 Å². The smallest absolute Gasteiger partial charge is 0.0604 e. The second-order valence-corrected chi connectivity index (χ2v) is 6.42. The van der Waals surface area contributed by atoms with E-state index in [1.165, 1.54) is 11.1 Å². The third-order valence-electron chi connectivity index (χ3n) is 4.36. The van der Waals surface area contributed by atoms with E-state index in [0.29, 0.717) is 0 Å². The van der Waals surface area contributed by atoms with Crippen molar-refractivity contribution in [3.8, 4) is 0 Å². The van der Waals surface area contributed by atoms with Gasteiger partial charge in [0.1, 0.15) is 0 Å². The van der Waals surface area contributed by atoms with Gasteiger partial charge in [-0.05, 0) is 31.6 Å². The fourth-order valence-electron chi connectivity index (χ4n) is 3.13. The Morgan fingerprint density at radius 1 is 0.875 bits per heavy atom. The number of ether oxygens (including phenoxy) is 1. The standard InChI is InChI=1S/C21H29NO.ClH/c1-4-15-21(18-23-17-16-22(2)3,19-11-7-5-8-12-19)20-13-9-6-10-14-20;/h5-14H,4,15-18H2,1-3H3;1H. The van der Waals surface area contributed by atoms with Crippen LogP contribution in [0, 0.1) is 0 Å². The molecule has 0 radical (unpaired) electrons. The normalized spacial score (nSPS) is 11.3. The molecule has 0 aliphatic rings. The maximum absolute atomic E-state index is 6.13. The molecule has 0 saturated heterocycles. The van der Waals surface area contributed by atoms with Crippen LogP contribution in [0.2, 0.25) is 0 Å². The first-order valence-electron chi connectivity index (χ1n) is 8.52. The Morgan fingerprint density at radius 2 is 1.38 bits per heavy atom. The molecule has 3 heteroatoms. The highest BCUT2D eigenvalue weighted by Crippen LogP contribution is 2.37. The van der Waals surface area contributed by atoms with Crippen molar-refractivity contribution >= 4 is 12.4 Å². The molecule has 0 aliphatic heterocycles. The summed E-state index contributed by atoms with van der Waals surface area (Å²) in [5.41, 5.74) is 2.62. The average molecular weight is 348 g/mol. The van der Waals surface area contributed by atoms with Gasteiger partial charge in [-0.1, -0.05) is 74.0 Å². The van der Waals surface area contributed by atoms with Crippen molar-refractivity contribution in [1.82, 2.24) is 4.90 Å². The molecule has 2 rings (SSSR count). The van der Waals surface area contributed by atoms with Crippen molar-refractivity contribution in [2.24, 2.45) is 0 Å². The largest absolute Gasteiger partial charge is 0.379 e. The number of hydrogen-bond donors (Lipinski definition) is 0. The summed E-state index contributed by atoms with van der Waals surface area (Å²) in [6.07, 6.45) is 2.21. The van der Waals surface area contributed by atoms with Crippen LogP contribution in [0.25, 0.3) is 0 Å². The molecular weight excluding hydrogens is 318 g/mol. The van der Waals surface area contributed by atoms with E-state index in [2.05, 4.69) is 86.6 Å². The molecule has 0 atom stereocenters. The minimum atomic E-state index is -0.0659. The van der Waals surface area contributed by atoms with Crippen molar-refractivity contribution in [1.29, 1.82) is 0 Å². The number of halogens is 1. The maximum atomic E-state index is 6.13. The monoisotopic (exact) mass is 347 g/mol. The Hall–Kier alpha value is -1.35. The Balaban J connectivity index is 0.00000288. The summed E-state index contributed by atoms with van der Waals surface area (Å²) in [5, 5.41) is 0. The van der Waals surface area contributed by atoms with E-state index in [9.17, 15) is 0 Å². The second kappa shape index (κ2) is 10.5. The Kier molecular flexibility index (Phi) is 9.05. The van der Waals surface area contributed by atoms with Crippen LogP contribution in [0.4, 0.5) is 0 Å². The van der Waals surface area contributed by atoms with E-state index in [0.717, 1.165) is 32.6 Å². The van der Waals surface area contributed by atoms with Crippen molar-refractivity contribution in [3.05, 3.63) is 71.8 Å². The minimum absolute atomic E-state index is 0.